The lowest BCUT2D eigenvalue weighted by molar-refractivity contribution is -0.125. The highest BCUT2D eigenvalue weighted by molar-refractivity contribution is 6.22. The van der Waals surface area contributed by atoms with Crippen molar-refractivity contribution >= 4 is 29.2 Å². The minimum Gasteiger partial charge on any atom is -0.326 e. The Balaban J connectivity index is 1.60. The summed E-state index contributed by atoms with van der Waals surface area (Å²) in [4.78, 5) is 41.6. The predicted molar refractivity (Wildman–Crippen MR) is 111 cm³/mol. The number of imide groups is 1. The monoisotopic (exact) mass is 427 g/mol. The van der Waals surface area contributed by atoms with Gasteiger partial charge in [0.25, 0.3) is 5.91 Å². The van der Waals surface area contributed by atoms with Crippen LogP contribution in [0.2, 0.25) is 0 Å². The van der Waals surface area contributed by atoms with Gasteiger partial charge >= 0.3 is 6.03 Å². The number of rotatable bonds is 5. The first-order valence-electron chi connectivity index (χ1n) is 10.4. The number of hydrogen-bond acceptors (Lipinski definition) is 3. The van der Waals surface area contributed by atoms with Crippen LogP contribution in [0.25, 0.3) is 0 Å². The Hall–Kier alpha value is -3.29. The first-order valence-corrected chi connectivity index (χ1v) is 10.4. The van der Waals surface area contributed by atoms with E-state index in [2.05, 4.69) is 5.32 Å². The van der Waals surface area contributed by atoms with E-state index in [4.69, 9.17) is 0 Å². The molecule has 0 unspecified atom stereocenters. The molecule has 1 saturated carbocycles. The third kappa shape index (κ3) is 4.42. The quantitative estimate of drug-likeness (QED) is 0.716. The number of halogens is 2. The van der Waals surface area contributed by atoms with Crippen molar-refractivity contribution in [3.05, 3.63) is 60.2 Å². The molecular weight excluding hydrogens is 404 g/mol. The van der Waals surface area contributed by atoms with Crippen molar-refractivity contribution in [2.75, 3.05) is 10.2 Å². The number of carbonyl (C=O) groups is 3. The van der Waals surface area contributed by atoms with Gasteiger partial charge in [-0.3, -0.25) is 9.59 Å². The highest BCUT2D eigenvalue weighted by atomic mass is 19.1. The summed E-state index contributed by atoms with van der Waals surface area (Å²) in [5, 5.41) is 2.58. The molecule has 0 aromatic heterocycles. The molecule has 2 fully saturated rings. The van der Waals surface area contributed by atoms with Crippen molar-refractivity contribution in [1.29, 1.82) is 0 Å². The van der Waals surface area contributed by atoms with Gasteiger partial charge in [-0.15, -0.1) is 0 Å². The summed E-state index contributed by atoms with van der Waals surface area (Å²) >= 11 is 0. The van der Waals surface area contributed by atoms with E-state index >= 15 is 0 Å². The summed E-state index contributed by atoms with van der Waals surface area (Å²) in [7, 11) is 0. The molecule has 0 spiro atoms. The molecule has 1 saturated heterocycles. The summed E-state index contributed by atoms with van der Waals surface area (Å²) in [6.45, 7) is 0. The van der Waals surface area contributed by atoms with Crippen molar-refractivity contribution in [1.82, 2.24) is 4.90 Å². The molecule has 1 heterocycles. The van der Waals surface area contributed by atoms with Crippen molar-refractivity contribution < 1.29 is 23.2 Å². The molecule has 4 rings (SSSR count). The fourth-order valence-corrected chi connectivity index (χ4v) is 4.37. The van der Waals surface area contributed by atoms with Gasteiger partial charge < -0.3 is 10.2 Å². The maximum absolute atomic E-state index is 13.8. The zero-order valence-electron chi connectivity index (χ0n) is 16.9. The number of carbonyl (C=O) groups excluding carboxylic acids is 3. The van der Waals surface area contributed by atoms with Gasteiger partial charge in [0.15, 0.2) is 0 Å². The number of nitrogens with zero attached hydrogens (tertiary/aromatic N) is 2. The highest BCUT2D eigenvalue weighted by Crippen LogP contribution is 2.33. The van der Waals surface area contributed by atoms with Gasteiger partial charge in [0.2, 0.25) is 5.91 Å². The number of nitrogens with one attached hydrogen (secondary N) is 1. The average Bonchev–Trinajstić information content (AvgIpc) is 2.98. The van der Waals surface area contributed by atoms with Crippen LogP contribution in [0.4, 0.5) is 25.0 Å². The maximum atomic E-state index is 13.8. The Kier molecular flexibility index (Phi) is 5.97. The maximum Gasteiger partial charge on any atom is 0.332 e. The zero-order valence-corrected chi connectivity index (χ0v) is 16.9. The highest BCUT2D eigenvalue weighted by Gasteiger charge is 2.49. The second-order valence-corrected chi connectivity index (χ2v) is 7.91. The molecule has 1 atom stereocenters. The van der Waals surface area contributed by atoms with Crippen LogP contribution >= 0.6 is 0 Å². The van der Waals surface area contributed by atoms with Crippen molar-refractivity contribution in [2.45, 2.75) is 50.6 Å². The van der Waals surface area contributed by atoms with Crippen LogP contribution in [-0.2, 0) is 9.59 Å². The third-order valence-electron chi connectivity index (χ3n) is 5.78. The minimum atomic E-state index is -0.993. The lowest BCUT2D eigenvalue weighted by Gasteiger charge is -2.33. The Morgan fingerprint density at radius 1 is 0.968 bits per heavy atom. The van der Waals surface area contributed by atoms with Crippen molar-refractivity contribution in [3.63, 3.8) is 0 Å². The summed E-state index contributed by atoms with van der Waals surface area (Å²) in [5.74, 6) is -2.12. The first-order chi connectivity index (χ1) is 14.9. The lowest BCUT2D eigenvalue weighted by Crippen LogP contribution is -2.45. The van der Waals surface area contributed by atoms with Gasteiger partial charge in [-0.25, -0.2) is 18.5 Å². The van der Waals surface area contributed by atoms with Gasteiger partial charge in [-0.2, -0.15) is 0 Å². The van der Waals surface area contributed by atoms with Crippen LogP contribution in [0, 0.1) is 11.6 Å². The van der Waals surface area contributed by atoms with Crippen LogP contribution in [0.3, 0.4) is 0 Å². The van der Waals surface area contributed by atoms with Crippen LogP contribution < -0.4 is 10.2 Å². The molecule has 2 aliphatic rings. The molecule has 1 aliphatic carbocycles. The summed E-state index contributed by atoms with van der Waals surface area (Å²) in [6, 6.07) is 9.05. The molecule has 1 aliphatic heterocycles. The zero-order chi connectivity index (χ0) is 22.0. The molecular formula is C23H23F2N3O3. The largest absolute Gasteiger partial charge is 0.332 e. The van der Waals surface area contributed by atoms with Gasteiger partial charge in [0.05, 0.1) is 12.1 Å². The van der Waals surface area contributed by atoms with E-state index < -0.39 is 35.5 Å². The molecule has 2 aromatic rings. The average molecular weight is 427 g/mol. The van der Waals surface area contributed by atoms with E-state index in [1.807, 2.05) is 0 Å². The number of hydrogen-bond donors (Lipinski definition) is 1. The van der Waals surface area contributed by atoms with E-state index in [9.17, 15) is 23.2 Å². The second kappa shape index (κ2) is 8.83. The number of amides is 4. The van der Waals surface area contributed by atoms with Gasteiger partial charge in [-0.05, 0) is 49.2 Å². The molecule has 0 radical (unpaired) electrons. The Morgan fingerprint density at radius 2 is 1.65 bits per heavy atom. The molecule has 4 amide bonds. The summed E-state index contributed by atoms with van der Waals surface area (Å²) in [5.41, 5.74) is 0.414. The molecule has 1 N–H and O–H groups in total. The number of benzene rings is 2. The van der Waals surface area contributed by atoms with Crippen LogP contribution in [0.1, 0.15) is 38.5 Å². The van der Waals surface area contributed by atoms with Gasteiger partial charge in [0, 0.05) is 11.7 Å². The molecule has 0 bridgehead atoms. The number of anilines is 2. The van der Waals surface area contributed by atoms with E-state index in [0.717, 1.165) is 43.1 Å². The number of urea groups is 1. The summed E-state index contributed by atoms with van der Waals surface area (Å²) < 4.78 is 27.2. The van der Waals surface area contributed by atoms with Crippen LogP contribution in [0.15, 0.2) is 48.5 Å². The first kappa shape index (κ1) is 21.0. The van der Waals surface area contributed by atoms with E-state index in [0.29, 0.717) is 0 Å². The van der Waals surface area contributed by atoms with E-state index in [1.165, 1.54) is 41.3 Å². The Labute approximate surface area is 178 Å². The molecule has 162 valence electrons. The second-order valence-electron chi connectivity index (χ2n) is 7.91. The van der Waals surface area contributed by atoms with Crippen molar-refractivity contribution in [2.24, 2.45) is 0 Å². The Bertz CT molecular complexity index is 1010. The SMILES string of the molecule is O=C(C[C@@H]1C(=O)N(c2cccc(F)c2)C(=O)N1C1CCCCC1)Nc1cccc(F)c1. The molecule has 31 heavy (non-hydrogen) atoms. The standard InChI is InChI=1S/C23H23F2N3O3/c24-15-6-4-8-17(12-15)26-21(29)14-20-22(30)28(19-11-5-7-16(25)13-19)23(31)27(20)18-9-2-1-3-10-18/h4-8,11-13,18,20H,1-3,9-10,14H2,(H,26,29)/t20-/m1/s1. The normalized spacial score (nSPS) is 19.7. The fraction of sp³-hybridized carbons (Fsp3) is 0.348. The molecule has 2 aromatic carbocycles. The van der Waals surface area contributed by atoms with E-state index in [-0.39, 0.29) is 23.8 Å². The Morgan fingerprint density at radius 3 is 2.32 bits per heavy atom. The van der Waals surface area contributed by atoms with E-state index in [1.54, 1.807) is 6.07 Å². The fourth-order valence-electron chi connectivity index (χ4n) is 4.37. The lowest BCUT2D eigenvalue weighted by atomic mass is 9.93. The van der Waals surface area contributed by atoms with Crippen LogP contribution in [-0.4, -0.2) is 34.8 Å². The predicted octanol–water partition coefficient (Wildman–Crippen LogP) is 4.46. The minimum absolute atomic E-state index is 0.142. The summed E-state index contributed by atoms with van der Waals surface area (Å²) in [6.07, 6.45) is 4.17. The topological polar surface area (TPSA) is 69.7 Å². The van der Waals surface area contributed by atoms with Crippen LogP contribution in [0.5, 0.6) is 0 Å². The van der Waals surface area contributed by atoms with Gasteiger partial charge in [0.1, 0.15) is 17.7 Å². The van der Waals surface area contributed by atoms with Gasteiger partial charge in [-0.1, -0.05) is 31.4 Å². The smallest absolute Gasteiger partial charge is 0.326 e. The van der Waals surface area contributed by atoms with Crippen molar-refractivity contribution in [3.8, 4) is 0 Å². The third-order valence-corrected chi connectivity index (χ3v) is 5.78. The molecule has 8 heteroatoms. The molecule has 6 nitrogen and oxygen atoms in total.